The van der Waals surface area contributed by atoms with Crippen molar-refractivity contribution in [2.45, 2.75) is 52.1 Å². The molecule has 1 aliphatic carbocycles. The Kier molecular flexibility index (Phi) is 3.45. The van der Waals surface area contributed by atoms with Crippen molar-refractivity contribution in [3.05, 3.63) is 46.2 Å². The smallest absolute Gasteiger partial charge is 0.147 e. The van der Waals surface area contributed by atoms with E-state index >= 15 is 0 Å². The van der Waals surface area contributed by atoms with E-state index in [1.54, 1.807) is 0 Å². The molecule has 0 fully saturated rings. The first-order valence-corrected chi connectivity index (χ1v) is 8.30. The Bertz CT molecular complexity index is 806. The molecule has 4 rings (SSSR count). The molecule has 0 aromatic carbocycles. The van der Waals surface area contributed by atoms with Gasteiger partial charge in [-0.05, 0) is 37.3 Å². The van der Waals surface area contributed by atoms with Gasteiger partial charge >= 0.3 is 0 Å². The number of nitrogens with zero attached hydrogens (tertiary/aromatic N) is 5. The minimum atomic E-state index is 0.683. The van der Waals surface area contributed by atoms with Gasteiger partial charge in [-0.25, -0.2) is 15.0 Å². The quantitative estimate of drug-likeness (QED) is 0.853. The van der Waals surface area contributed by atoms with E-state index in [-0.39, 0.29) is 0 Å². The molecule has 0 N–H and O–H groups in total. The number of rotatable bonds is 2. The van der Waals surface area contributed by atoms with E-state index < -0.39 is 0 Å². The SMILES string of the molecule is CCc1ncc2c(n1)CN(c1nc3c(cc1C#N)CCCC3)C2. The number of aromatic nitrogens is 3. The highest BCUT2D eigenvalue weighted by Crippen LogP contribution is 2.31. The summed E-state index contributed by atoms with van der Waals surface area (Å²) in [6.45, 7) is 3.51. The van der Waals surface area contributed by atoms with Crippen LogP contribution in [0.3, 0.4) is 0 Å². The van der Waals surface area contributed by atoms with Crippen molar-refractivity contribution in [1.82, 2.24) is 15.0 Å². The summed E-state index contributed by atoms with van der Waals surface area (Å²) >= 11 is 0. The Labute approximate surface area is 136 Å². The fourth-order valence-electron chi connectivity index (χ4n) is 3.46. The Morgan fingerprint density at radius 3 is 2.83 bits per heavy atom. The first-order chi connectivity index (χ1) is 11.3. The zero-order valence-corrected chi connectivity index (χ0v) is 13.3. The fourth-order valence-corrected chi connectivity index (χ4v) is 3.46. The Hall–Kier alpha value is -2.48. The summed E-state index contributed by atoms with van der Waals surface area (Å²) in [5.41, 5.74) is 5.32. The highest BCUT2D eigenvalue weighted by molar-refractivity contribution is 5.58. The molecule has 5 nitrogen and oxygen atoms in total. The molecule has 0 bridgehead atoms. The molecule has 0 amide bonds. The van der Waals surface area contributed by atoms with E-state index in [0.717, 1.165) is 48.7 Å². The molecule has 23 heavy (non-hydrogen) atoms. The van der Waals surface area contributed by atoms with Crippen LogP contribution in [0.2, 0.25) is 0 Å². The highest BCUT2D eigenvalue weighted by Gasteiger charge is 2.26. The summed E-state index contributed by atoms with van der Waals surface area (Å²) in [5.74, 6) is 1.69. The monoisotopic (exact) mass is 305 g/mol. The van der Waals surface area contributed by atoms with Gasteiger partial charge in [0.2, 0.25) is 0 Å². The molecule has 0 atom stereocenters. The molecular weight excluding hydrogens is 286 g/mol. The van der Waals surface area contributed by atoms with Crippen LogP contribution in [0, 0.1) is 11.3 Å². The maximum absolute atomic E-state index is 9.53. The molecule has 2 aromatic heterocycles. The summed E-state index contributed by atoms with van der Waals surface area (Å²) in [5, 5.41) is 9.53. The van der Waals surface area contributed by atoms with Crippen molar-refractivity contribution in [1.29, 1.82) is 5.26 Å². The van der Waals surface area contributed by atoms with E-state index in [1.165, 1.54) is 24.1 Å². The van der Waals surface area contributed by atoms with Crippen LogP contribution >= 0.6 is 0 Å². The lowest BCUT2D eigenvalue weighted by Gasteiger charge is -2.22. The number of aryl methyl sites for hydroxylation is 3. The third-order valence-corrected chi connectivity index (χ3v) is 4.72. The predicted molar refractivity (Wildman–Crippen MR) is 86.9 cm³/mol. The Morgan fingerprint density at radius 1 is 1.13 bits per heavy atom. The molecule has 2 aliphatic rings. The van der Waals surface area contributed by atoms with Gasteiger partial charge in [0.1, 0.15) is 17.7 Å². The second kappa shape index (κ2) is 5.62. The Morgan fingerprint density at radius 2 is 2.00 bits per heavy atom. The second-order valence-corrected chi connectivity index (χ2v) is 6.25. The van der Waals surface area contributed by atoms with Crippen LogP contribution in [-0.4, -0.2) is 15.0 Å². The molecule has 2 aromatic rings. The molecular formula is C18H19N5. The third kappa shape index (κ3) is 2.44. The first kappa shape index (κ1) is 14.1. The number of nitriles is 1. The van der Waals surface area contributed by atoms with Gasteiger partial charge < -0.3 is 4.90 Å². The van der Waals surface area contributed by atoms with Gasteiger partial charge in [-0.3, -0.25) is 0 Å². The zero-order valence-electron chi connectivity index (χ0n) is 13.3. The van der Waals surface area contributed by atoms with E-state index in [4.69, 9.17) is 4.98 Å². The van der Waals surface area contributed by atoms with Gasteiger partial charge in [0, 0.05) is 30.4 Å². The summed E-state index contributed by atoms with van der Waals surface area (Å²) in [7, 11) is 0. The summed E-state index contributed by atoms with van der Waals surface area (Å²) in [6, 6.07) is 4.38. The van der Waals surface area contributed by atoms with Crippen LogP contribution in [0.5, 0.6) is 0 Å². The van der Waals surface area contributed by atoms with Crippen LogP contribution in [0.1, 0.15) is 53.7 Å². The minimum Gasteiger partial charge on any atom is -0.345 e. The molecule has 0 spiro atoms. The molecule has 5 heteroatoms. The van der Waals surface area contributed by atoms with E-state index in [9.17, 15) is 5.26 Å². The largest absolute Gasteiger partial charge is 0.345 e. The lowest BCUT2D eigenvalue weighted by atomic mass is 9.95. The molecule has 116 valence electrons. The van der Waals surface area contributed by atoms with Crippen molar-refractivity contribution >= 4 is 5.82 Å². The summed E-state index contributed by atoms with van der Waals surface area (Å²) in [6.07, 6.45) is 7.22. The van der Waals surface area contributed by atoms with Crippen molar-refractivity contribution in [2.24, 2.45) is 0 Å². The molecule has 0 unspecified atom stereocenters. The van der Waals surface area contributed by atoms with Crippen LogP contribution in [0.4, 0.5) is 5.82 Å². The third-order valence-electron chi connectivity index (χ3n) is 4.72. The summed E-state index contributed by atoms with van der Waals surface area (Å²) < 4.78 is 0. The number of hydrogen-bond acceptors (Lipinski definition) is 5. The molecule has 0 radical (unpaired) electrons. The van der Waals surface area contributed by atoms with Crippen molar-refractivity contribution in [3.63, 3.8) is 0 Å². The van der Waals surface area contributed by atoms with E-state index in [0.29, 0.717) is 12.1 Å². The molecule has 3 heterocycles. The maximum atomic E-state index is 9.53. The van der Waals surface area contributed by atoms with Gasteiger partial charge in [-0.2, -0.15) is 5.26 Å². The van der Waals surface area contributed by atoms with Crippen LogP contribution in [0.15, 0.2) is 12.3 Å². The molecule has 1 aliphatic heterocycles. The predicted octanol–water partition coefficient (Wildman–Crippen LogP) is 2.70. The van der Waals surface area contributed by atoms with Crippen LogP contribution in [-0.2, 0) is 32.4 Å². The zero-order chi connectivity index (χ0) is 15.8. The van der Waals surface area contributed by atoms with Crippen molar-refractivity contribution < 1.29 is 0 Å². The fraction of sp³-hybridized carbons (Fsp3) is 0.444. The molecule has 0 saturated heterocycles. The van der Waals surface area contributed by atoms with Crippen molar-refractivity contribution in [2.75, 3.05) is 4.90 Å². The Balaban J connectivity index is 1.70. The van der Waals surface area contributed by atoms with Crippen molar-refractivity contribution in [3.8, 4) is 6.07 Å². The normalized spacial score (nSPS) is 15.9. The molecule has 0 saturated carbocycles. The standard InChI is InChI=1S/C18H19N5/c1-2-17-20-9-14-10-23(11-16(14)21-17)18-13(8-19)7-12-5-3-4-6-15(12)22-18/h7,9H,2-6,10-11H2,1H3. The highest BCUT2D eigenvalue weighted by atomic mass is 15.2. The second-order valence-electron chi connectivity index (χ2n) is 6.25. The first-order valence-electron chi connectivity index (χ1n) is 8.30. The van der Waals surface area contributed by atoms with E-state index in [1.807, 2.05) is 12.3 Å². The number of anilines is 1. The topological polar surface area (TPSA) is 65.7 Å². The number of hydrogen-bond donors (Lipinski definition) is 0. The number of pyridine rings is 1. The lowest BCUT2D eigenvalue weighted by molar-refractivity contribution is 0.664. The van der Waals surface area contributed by atoms with Crippen LogP contribution in [0.25, 0.3) is 0 Å². The van der Waals surface area contributed by atoms with E-state index in [2.05, 4.69) is 27.9 Å². The van der Waals surface area contributed by atoms with Gasteiger partial charge in [0.05, 0.1) is 17.8 Å². The summed E-state index contributed by atoms with van der Waals surface area (Å²) in [4.78, 5) is 16.0. The van der Waals surface area contributed by atoms with Gasteiger partial charge in [-0.1, -0.05) is 6.92 Å². The van der Waals surface area contributed by atoms with Crippen LogP contribution < -0.4 is 4.90 Å². The van der Waals surface area contributed by atoms with Gasteiger partial charge in [0.15, 0.2) is 0 Å². The maximum Gasteiger partial charge on any atom is 0.147 e. The lowest BCUT2D eigenvalue weighted by Crippen LogP contribution is -2.20. The average molecular weight is 305 g/mol. The minimum absolute atomic E-state index is 0.683. The van der Waals surface area contributed by atoms with Gasteiger partial charge in [-0.15, -0.1) is 0 Å². The van der Waals surface area contributed by atoms with Gasteiger partial charge in [0.25, 0.3) is 0 Å². The number of fused-ring (bicyclic) bond motifs is 2. The average Bonchev–Trinajstić information content (AvgIpc) is 3.03.